The third-order valence-corrected chi connectivity index (χ3v) is 5.22. The highest BCUT2D eigenvalue weighted by Gasteiger charge is 2.31. The van der Waals surface area contributed by atoms with E-state index in [2.05, 4.69) is 5.32 Å². The molecule has 2 aliphatic rings. The van der Waals surface area contributed by atoms with Crippen molar-refractivity contribution < 1.29 is 9.53 Å². The van der Waals surface area contributed by atoms with Crippen molar-refractivity contribution in [1.82, 2.24) is 0 Å². The molecular weight excluding hydrogens is 262 g/mol. The average Bonchev–Trinajstić information content (AvgIpc) is 2.55. The molecule has 0 bridgehead atoms. The Kier molecular flexibility index (Phi) is 4.47. The smallest absolute Gasteiger partial charge is 0.337 e. The molecule has 21 heavy (non-hydrogen) atoms. The molecule has 1 aromatic rings. The van der Waals surface area contributed by atoms with Crippen molar-refractivity contribution in [3.05, 3.63) is 29.8 Å². The second-order valence-corrected chi connectivity index (χ2v) is 6.53. The van der Waals surface area contributed by atoms with Gasteiger partial charge in [-0.25, -0.2) is 4.79 Å². The van der Waals surface area contributed by atoms with Crippen molar-refractivity contribution >= 4 is 11.7 Å². The summed E-state index contributed by atoms with van der Waals surface area (Å²) in [4.78, 5) is 11.4. The standard InChI is InChI=1S/C18H25NO2/c1-21-18(20)14-7-9-16(10-8-14)19-17-11-6-13-4-2-3-5-15(13)12-17/h7-10,13,15,17,19H,2-6,11-12H2,1H3. The van der Waals surface area contributed by atoms with E-state index in [0.29, 0.717) is 11.6 Å². The monoisotopic (exact) mass is 287 g/mol. The van der Waals surface area contributed by atoms with Crippen molar-refractivity contribution in [2.75, 3.05) is 12.4 Å². The number of anilines is 1. The van der Waals surface area contributed by atoms with E-state index in [1.807, 2.05) is 24.3 Å². The number of benzene rings is 1. The van der Waals surface area contributed by atoms with E-state index < -0.39 is 0 Å². The Morgan fingerprint density at radius 1 is 1.05 bits per heavy atom. The fourth-order valence-electron chi connectivity index (χ4n) is 4.06. The summed E-state index contributed by atoms with van der Waals surface area (Å²) in [5.41, 5.74) is 1.72. The van der Waals surface area contributed by atoms with Crippen LogP contribution in [-0.4, -0.2) is 19.1 Å². The van der Waals surface area contributed by atoms with E-state index in [0.717, 1.165) is 17.5 Å². The van der Waals surface area contributed by atoms with Crippen LogP contribution >= 0.6 is 0 Å². The zero-order valence-electron chi connectivity index (χ0n) is 12.8. The normalized spacial score (nSPS) is 28.5. The molecule has 3 rings (SSSR count). The van der Waals surface area contributed by atoms with Crippen LogP contribution in [0, 0.1) is 11.8 Å². The maximum Gasteiger partial charge on any atom is 0.337 e. The number of hydrogen-bond acceptors (Lipinski definition) is 3. The molecule has 3 atom stereocenters. The molecule has 2 fully saturated rings. The van der Waals surface area contributed by atoms with E-state index in [9.17, 15) is 4.79 Å². The number of carbonyl (C=O) groups excluding carboxylic acids is 1. The molecule has 3 heteroatoms. The van der Waals surface area contributed by atoms with Crippen LogP contribution in [0.2, 0.25) is 0 Å². The topological polar surface area (TPSA) is 38.3 Å². The Labute approximate surface area is 127 Å². The summed E-state index contributed by atoms with van der Waals surface area (Å²) < 4.78 is 4.73. The van der Waals surface area contributed by atoms with E-state index in [1.165, 1.54) is 52.1 Å². The number of ether oxygens (including phenoxy) is 1. The van der Waals surface area contributed by atoms with Crippen molar-refractivity contribution in [2.24, 2.45) is 11.8 Å². The molecule has 2 saturated carbocycles. The number of nitrogens with one attached hydrogen (secondary N) is 1. The third kappa shape index (κ3) is 3.39. The molecule has 0 aromatic heterocycles. The average molecular weight is 287 g/mol. The molecule has 114 valence electrons. The first-order valence-electron chi connectivity index (χ1n) is 8.21. The van der Waals surface area contributed by atoms with Gasteiger partial charge in [0.25, 0.3) is 0 Å². The van der Waals surface area contributed by atoms with Gasteiger partial charge in [0.05, 0.1) is 12.7 Å². The highest BCUT2D eigenvalue weighted by molar-refractivity contribution is 5.89. The highest BCUT2D eigenvalue weighted by Crippen LogP contribution is 2.41. The SMILES string of the molecule is COC(=O)c1ccc(NC2CCC3CCCCC3C2)cc1. The van der Waals surface area contributed by atoms with Crippen LogP contribution in [0.25, 0.3) is 0 Å². The maximum absolute atomic E-state index is 11.4. The lowest BCUT2D eigenvalue weighted by molar-refractivity contribution is 0.0601. The summed E-state index contributed by atoms with van der Waals surface area (Å²) in [6.45, 7) is 0. The molecule has 0 spiro atoms. The zero-order valence-corrected chi connectivity index (χ0v) is 12.8. The fourth-order valence-corrected chi connectivity index (χ4v) is 4.06. The van der Waals surface area contributed by atoms with Crippen molar-refractivity contribution in [3.63, 3.8) is 0 Å². The molecule has 0 amide bonds. The lowest BCUT2D eigenvalue weighted by atomic mass is 9.69. The molecule has 0 heterocycles. The number of fused-ring (bicyclic) bond motifs is 1. The van der Waals surface area contributed by atoms with Gasteiger partial charge < -0.3 is 10.1 Å². The predicted octanol–water partition coefficient (Wildman–Crippen LogP) is 4.24. The van der Waals surface area contributed by atoms with Crippen LogP contribution in [-0.2, 0) is 4.74 Å². The van der Waals surface area contributed by atoms with Crippen molar-refractivity contribution in [2.45, 2.75) is 51.0 Å². The molecule has 0 radical (unpaired) electrons. The van der Waals surface area contributed by atoms with Gasteiger partial charge in [0.2, 0.25) is 0 Å². The Bertz CT molecular complexity index is 482. The molecule has 0 aliphatic heterocycles. The summed E-state index contributed by atoms with van der Waals surface area (Å²) in [6, 6.07) is 8.23. The third-order valence-electron chi connectivity index (χ3n) is 5.22. The first-order chi connectivity index (χ1) is 10.3. The predicted molar refractivity (Wildman–Crippen MR) is 84.5 cm³/mol. The van der Waals surface area contributed by atoms with Crippen LogP contribution in [0.15, 0.2) is 24.3 Å². The number of hydrogen-bond donors (Lipinski definition) is 1. The molecule has 3 nitrogen and oxygen atoms in total. The second-order valence-electron chi connectivity index (χ2n) is 6.53. The van der Waals surface area contributed by atoms with Crippen LogP contribution in [0.5, 0.6) is 0 Å². The van der Waals surface area contributed by atoms with Gasteiger partial charge in [0, 0.05) is 11.7 Å². The summed E-state index contributed by atoms with van der Waals surface area (Å²) in [5, 5.41) is 3.65. The number of esters is 1. The van der Waals surface area contributed by atoms with Crippen molar-refractivity contribution in [3.8, 4) is 0 Å². The number of methoxy groups -OCH3 is 1. The van der Waals surface area contributed by atoms with Gasteiger partial charge in [-0.15, -0.1) is 0 Å². The maximum atomic E-state index is 11.4. The Balaban J connectivity index is 1.58. The molecule has 1 aromatic carbocycles. The first-order valence-corrected chi connectivity index (χ1v) is 8.21. The van der Waals surface area contributed by atoms with Crippen LogP contribution in [0.4, 0.5) is 5.69 Å². The van der Waals surface area contributed by atoms with Gasteiger partial charge in [-0.1, -0.05) is 25.7 Å². The van der Waals surface area contributed by atoms with Crippen LogP contribution in [0.1, 0.15) is 55.3 Å². The van der Waals surface area contributed by atoms with Crippen LogP contribution in [0.3, 0.4) is 0 Å². The van der Waals surface area contributed by atoms with Gasteiger partial charge in [-0.3, -0.25) is 0 Å². The summed E-state index contributed by atoms with van der Waals surface area (Å²) in [6.07, 6.45) is 9.69. The van der Waals surface area contributed by atoms with E-state index in [4.69, 9.17) is 4.74 Å². The highest BCUT2D eigenvalue weighted by atomic mass is 16.5. The minimum Gasteiger partial charge on any atom is -0.465 e. The largest absolute Gasteiger partial charge is 0.465 e. The Hall–Kier alpha value is -1.51. The molecule has 2 aliphatic carbocycles. The quantitative estimate of drug-likeness (QED) is 0.845. The van der Waals surface area contributed by atoms with E-state index in [1.54, 1.807) is 0 Å². The summed E-state index contributed by atoms with van der Waals surface area (Å²) in [5.74, 6) is 1.64. The van der Waals surface area contributed by atoms with Gasteiger partial charge >= 0.3 is 5.97 Å². The van der Waals surface area contributed by atoms with Gasteiger partial charge in [-0.05, 0) is 55.4 Å². The Morgan fingerprint density at radius 2 is 1.76 bits per heavy atom. The summed E-state index contributed by atoms with van der Waals surface area (Å²) in [7, 11) is 1.41. The lowest BCUT2D eigenvalue weighted by Crippen LogP contribution is -2.34. The fraction of sp³-hybridized carbons (Fsp3) is 0.611. The molecule has 1 N–H and O–H groups in total. The molecule has 3 unspecified atom stereocenters. The van der Waals surface area contributed by atoms with E-state index >= 15 is 0 Å². The zero-order chi connectivity index (χ0) is 14.7. The second kappa shape index (κ2) is 6.50. The van der Waals surface area contributed by atoms with Crippen molar-refractivity contribution in [1.29, 1.82) is 0 Å². The number of carbonyl (C=O) groups is 1. The summed E-state index contributed by atoms with van der Waals surface area (Å²) >= 11 is 0. The van der Waals surface area contributed by atoms with Crippen LogP contribution < -0.4 is 5.32 Å². The minimum absolute atomic E-state index is 0.274. The first kappa shape index (κ1) is 14.4. The van der Waals surface area contributed by atoms with Gasteiger partial charge in [-0.2, -0.15) is 0 Å². The minimum atomic E-state index is -0.274. The molecular formula is C18H25NO2. The lowest BCUT2D eigenvalue weighted by Gasteiger charge is -2.39. The van der Waals surface area contributed by atoms with Gasteiger partial charge in [0.1, 0.15) is 0 Å². The Morgan fingerprint density at radius 3 is 2.48 bits per heavy atom. The van der Waals surface area contributed by atoms with E-state index in [-0.39, 0.29) is 5.97 Å². The number of rotatable bonds is 3. The molecule has 0 saturated heterocycles. The van der Waals surface area contributed by atoms with Gasteiger partial charge in [0.15, 0.2) is 0 Å².